The molecule has 3 rings (SSSR count). The molecule has 0 saturated heterocycles. The van der Waals surface area contributed by atoms with Gasteiger partial charge >= 0.3 is 6.18 Å². The molecule has 0 radical (unpaired) electrons. The molecule has 0 heterocycles. The lowest BCUT2D eigenvalue weighted by atomic mass is 10.1. The molecule has 3 aromatic carbocycles. The number of rotatable bonds is 7. The summed E-state index contributed by atoms with van der Waals surface area (Å²) in [7, 11) is -1.25. The molecule has 2 N–H and O–H groups in total. The van der Waals surface area contributed by atoms with Crippen LogP contribution in [0.5, 0.6) is 11.5 Å². The fourth-order valence-electron chi connectivity index (χ4n) is 3.10. The normalized spacial score (nSPS) is 11.6. The monoisotopic (exact) mass is 494 g/mol. The highest BCUT2D eigenvalue weighted by Gasteiger charge is 2.30. The van der Waals surface area contributed by atoms with E-state index in [-0.39, 0.29) is 21.8 Å². The Labute approximate surface area is 194 Å². The molecule has 3 aromatic rings. The highest BCUT2D eigenvalue weighted by molar-refractivity contribution is 7.92. The molecule has 1 amide bonds. The number of nitrogens with one attached hydrogen (secondary N) is 2. The van der Waals surface area contributed by atoms with Crippen molar-refractivity contribution >= 4 is 27.3 Å². The van der Waals surface area contributed by atoms with Crippen LogP contribution < -0.4 is 19.5 Å². The number of anilines is 2. The summed E-state index contributed by atoms with van der Waals surface area (Å²) in [5, 5.41) is 2.38. The van der Waals surface area contributed by atoms with E-state index in [1.54, 1.807) is 6.92 Å². The number of amides is 1. The van der Waals surface area contributed by atoms with E-state index < -0.39 is 27.7 Å². The number of aryl methyl sites for hydroxylation is 1. The van der Waals surface area contributed by atoms with Crippen molar-refractivity contribution in [3.05, 3.63) is 77.4 Å². The average molecular weight is 494 g/mol. The molecular weight excluding hydrogens is 473 g/mol. The number of alkyl halides is 3. The van der Waals surface area contributed by atoms with Crippen molar-refractivity contribution in [1.82, 2.24) is 0 Å². The van der Waals surface area contributed by atoms with Gasteiger partial charge in [0.25, 0.3) is 15.9 Å². The summed E-state index contributed by atoms with van der Waals surface area (Å²) in [4.78, 5) is 12.5. The molecule has 0 aliphatic carbocycles. The first-order chi connectivity index (χ1) is 15.9. The maximum Gasteiger partial charge on any atom is 0.416 e. The third-order valence-electron chi connectivity index (χ3n) is 4.85. The second-order valence-corrected chi connectivity index (χ2v) is 8.87. The van der Waals surface area contributed by atoms with Gasteiger partial charge in [-0.1, -0.05) is 12.1 Å². The molecule has 0 saturated carbocycles. The topological polar surface area (TPSA) is 93.7 Å². The van der Waals surface area contributed by atoms with E-state index in [2.05, 4.69) is 10.0 Å². The summed E-state index contributed by atoms with van der Waals surface area (Å²) in [6.45, 7) is 1.58. The van der Waals surface area contributed by atoms with Crippen molar-refractivity contribution in [3.8, 4) is 11.5 Å². The second-order valence-electron chi connectivity index (χ2n) is 7.18. The smallest absolute Gasteiger partial charge is 0.416 e. The van der Waals surface area contributed by atoms with Crippen LogP contribution in [0.25, 0.3) is 0 Å². The first-order valence-corrected chi connectivity index (χ1v) is 11.3. The Morgan fingerprint density at radius 3 is 2.24 bits per heavy atom. The summed E-state index contributed by atoms with van der Waals surface area (Å²) in [5.74, 6) is -0.0258. The predicted octanol–water partition coefficient (Wildman–Crippen LogP) is 5.08. The number of ether oxygens (including phenoxy) is 2. The van der Waals surface area contributed by atoms with Gasteiger partial charge < -0.3 is 14.8 Å². The van der Waals surface area contributed by atoms with Crippen LogP contribution >= 0.6 is 0 Å². The van der Waals surface area contributed by atoms with Gasteiger partial charge in [-0.3, -0.25) is 9.52 Å². The van der Waals surface area contributed by atoms with E-state index in [1.165, 1.54) is 56.7 Å². The van der Waals surface area contributed by atoms with Crippen molar-refractivity contribution in [2.75, 3.05) is 24.3 Å². The molecule has 0 fully saturated rings. The highest BCUT2D eigenvalue weighted by Crippen LogP contribution is 2.32. The van der Waals surface area contributed by atoms with E-state index >= 15 is 0 Å². The van der Waals surface area contributed by atoms with E-state index in [9.17, 15) is 26.4 Å². The lowest BCUT2D eigenvalue weighted by Gasteiger charge is -2.14. The van der Waals surface area contributed by atoms with Gasteiger partial charge in [0.05, 0.1) is 30.4 Å². The van der Waals surface area contributed by atoms with Gasteiger partial charge in [-0.05, 0) is 55.0 Å². The number of hydrogen-bond donors (Lipinski definition) is 2. The van der Waals surface area contributed by atoms with E-state index in [4.69, 9.17) is 9.47 Å². The van der Waals surface area contributed by atoms with Crippen molar-refractivity contribution in [2.24, 2.45) is 0 Å². The quantitative estimate of drug-likeness (QED) is 0.478. The minimum Gasteiger partial charge on any atom is -0.493 e. The number of methoxy groups -OCH3 is 2. The molecule has 0 aromatic heterocycles. The molecule has 0 aliphatic heterocycles. The Hall–Kier alpha value is -3.73. The van der Waals surface area contributed by atoms with E-state index in [1.807, 2.05) is 0 Å². The zero-order chi connectivity index (χ0) is 25.1. The predicted molar refractivity (Wildman–Crippen MR) is 121 cm³/mol. The Morgan fingerprint density at radius 2 is 1.59 bits per heavy atom. The minimum atomic E-state index is -4.57. The SMILES string of the molecule is COc1ccc(NS(=O)(=O)c2ccc(C)c(C(=O)Nc3cccc(C(F)(F)F)c3)c2)cc1OC. The zero-order valence-corrected chi connectivity index (χ0v) is 19.2. The Kier molecular flexibility index (Phi) is 7.06. The van der Waals surface area contributed by atoms with Crippen LogP contribution in [-0.4, -0.2) is 28.5 Å². The lowest BCUT2D eigenvalue weighted by Crippen LogP contribution is -2.17. The van der Waals surface area contributed by atoms with Crippen LogP contribution in [-0.2, 0) is 16.2 Å². The number of halogens is 3. The molecule has 0 bridgehead atoms. The number of sulfonamides is 1. The van der Waals surface area contributed by atoms with Crippen LogP contribution in [0.1, 0.15) is 21.5 Å². The van der Waals surface area contributed by atoms with Crippen LogP contribution in [0.15, 0.2) is 65.6 Å². The first kappa shape index (κ1) is 24.9. The van der Waals surface area contributed by atoms with Crippen LogP contribution in [0.2, 0.25) is 0 Å². The number of hydrogen-bond acceptors (Lipinski definition) is 5. The molecule has 7 nitrogen and oxygen atoms in total. The summed E-state index contributed by atoms with van der Waals surface area (Å²) in [6.07, 6.45) is -4.57. The van der Waals surface area contributed by atoms with Gasteiger partial charge in [-0.15, -0.1) is 0 Å². The maximum absolute atomic E-state index is 12.9. The van der Waals surface area contributed by atoms with Crippen LogP contribution in [0.3, 0.4) is 0 Å². The van der Waals surface area contributed by atoms with Crippen LogP contribution in [0.4, 0.5) is 24.5 Å². The Balaban J connectivity index is 1.87. The molecule has 0 spiro atoms. The lowest BCUT2D eigenvalue weighted by molar-refractivity contribution is -0.137. The largest absolute Gasteiger partial charge is 0.493 e. The van der Waals surface area contributed by atoms with Crippen molar-refractivity contribution in [1.29, 1.82) is 0 Å². The number of carbonyl (C=O) groups is 1. The zero-order valence-electron chi connectivity index (χ0n) is 18.4. The van der Waals surface area contributed by atoms with Crippen molar-refractivity contribution in [3.63, 3.8) is 0 Å². The molecule has 0 aliphatic rings. The number of benzene rings is 3. The molecule has 34 heavy (non-hydrogen) atoms. The third kappa shape index (κ3) is 5.60. The second kappa shape index (κ2) is 9.64. The Morgan fingerprint density at radius 1 is 0.882 bits per heavy atom. The van der Waals surface area contributed by atoms with Gasteiger partial charge in [0.15, 0.2) is 11.5 Å². The molecular formula is C23H21F3N2O5S. The number of carbonyl (C=O) groups excluding carboxylic acids is 1. The van der Waals surface area contributed by atoms with Crippen molar-refractivity contribution < 1.29 is 35.9 Å². The van der Waals surface area contributed by atoms with Gasteiger partial charge in [-0.25, -0.2) is 8.42 Å². The Bertz CT molecular complexity index is 1320. The summed E-state index contributed by atoms with van der Waals surface area (Å²) in [6, 6.07) is 12.5. The van der Waals surface area contributed by atoms with E-state index in [0.717, 1.165) is 18.2 Å². The fraction of sp³-hybridized carbons (Fsp3) is 0.174. The van der Waals surface area contributed by atoms with Gasteiger partial charge in [0.2, 0.25) is 0 Å². The molecule has 0 unspecified atom stereocenters. The van der Waals surface area contributed by atoms with E-state index in [0.29, 0.717) is 17.1 Å². The van der Waals surface area contributed by atoms with Crippen molar-refractivity contribution in [2.45, 2.75) is 18.0 Å². The fourth-order valence-corrected chi connectivity index (χ4v) is 4.17. The average Bonchev–Trinajstić information content (AvgIpc) is 2.78. The molecule has 180 valence electrons. The van der Waals surface area contributed by atoms with Gasteiger partial charge in [0.1, 0.15) is 0 Å². The third-order valence-corrected chi connectivity index (χ3v) is 6.23. The first-order valence-electron chi connectivity index (χ1n) is 9.78. The standard InChI is InChI=1S/C23H21F3N2O5S/c1-14-7-9-18(34(30,31)28-17-8-10-20(32-2)21(12-17)33-3)13-19(14)22(29)27-16-6-4-5-15(11-16)23(24,25)26/h4-13,28H,1-3H3,(H,27,29). The maximum atomic E-state index is 12.9. The molecule has 0 atom stereocenters. The summed E-state index contributed by atoms with van der Waals surface area (Å²) >= 11 is 0. The summed E-state index contributed by atoms with van der Waals surface area (Å²) in [5.41, 5.74) is -0.358. The molecule has 11 heteroatoms. The summed E-state index contributed by atoms with van der Waals surface area (Å²) < 4.78 is 77.4. The minimum absolute atomic E-state index is 0.00685. The highest BCUT2D eigenvalue weighted by atomic mass is 32.2. The van der Waals surface area contributed by atoms with Gasteiger partial charge in [0, 0.05) is 17.3 Å². The van der Waals surface area contributed by atoms with Crippen LogP contribution in [0, 0.1) is 6.92 Å². The van der Waals surface area contributed by atoms with Gasteiger partial charge in [-0.2, -0.15) is 13.2 Å².